The lowest BCUT2D eigenvalue weighted by Gasteiger charge is -2.25. The molecule has 3 aromatic carbocycles. The highest BCUT2D eigenvalue weighted by atomic mass is 32.1. The van der Waals surface area contributed by atoms with Crippen molar-refractivity contribution in [2.24, 2.45) is 0 Å². The van der Waals surface area contributed by atoms with Crippen molar-refractivity contribution in [1.82, 2.24) is 4.90 Å². The Kier molecular flexibility index (Phi) is 6.42. The van der Waals surface area contributed by atoms with Crippen LogP contribution in [0.2, 0.25) is 0 Å². The molecule has 1 atom stereocenters. The number of imide groups is 1. The molecule has 2 N–H and O–H groups in total. The lowest BCUT2D eigenvalue weighted by molar-refractivity contribution is -0.119. The third-order valence-electron chi connectivity index (χ3n) is 5.84. The van der Waals surface area contributed by atoms with E-state index in [0.717, 1.165) is 10.5 Å². The molecule has 0 radical (unpaired) electrons. The number of nitrogens with one attached hydrogen (secondary N) is 2. The summed E-state index contributed by atoms with van der Waals surface area (Å²) < 4.78 is 0. The highest BCUT2D eigenvalue weighted by Gasteiger charge is 2.42. The molecule has 4 amide bonds. The van der Waals surface area contributed by atoms with E-state index in [9.17, 15) is 19.2 Å². The van der Waals surface area contributed by atoms with Crippen LogP contribution in [0.15, 0.2) is 96.4 Å². The Bertz CT molecular complexity index is 1420. The Morgan fingerprint density at radius 2 is 1.39 bits per heavy atom. The van der Waals surface area contributed by atoms with Gasteiger partial charge in [-0.2, -0.15) is 0 Å². The van der Waals surface area contributed by atoms with Crippen molar-refractivity contribution in [3.8, 4) is 0 Å². The maximum Gasteiger partial charge on any atom is 0.265 e. The normalized spacial score (nSPS) is 13.3. The van der Waals surface area contributed by atoms with Gasteiger partial charge in [-0.1, -0.05) is 54.6 Å². The fourth-order valence-corrected chi connectivity index (χ4v) is 4.75. The summed E-state index contributed by atoms with van der Waals surface area (Å²) in [6, 6.07) is 25.0. The van der Waals surface area contributed by atoms with E-state index >= 15 is 0 Å². The van der Waals surface area contributed by atoms with Gasteiger partial charge in [-0.15, -0.1) is 11.3 Å². The summed E-state index contributed by atoms with van der Waals surface area (Å²) in [5.41, 5.74) is 2.31. The second-order valence-corrected chi connectivity index (χ2v) is 9.18. The SMILES string of the molecule is O=C(Nc1cccc(NC(=O)C(Cc2ccccc2)N2C(=O)c3ccccc3C2=O)c1)c1cccs1. The van der Waals surface area contributed by atoms with E-state index in [1.165, 1.54) is 11.3 Å². The van der Waals surface area contributed by atoms with Gasteiger partial charge < -0.3 is 10.6 Å². The van der Waals surface area contributed by atoms with Gasteiger partial charge in [0.15, 0.2) is 0 Å². The molecule has 1 aliphatic heterocycles. The third-order valence-corrected chi connectivity index (χ3v) is 6.71. The molecule has 36 heavy (non-hydrogen) atoms. The van der Waals surface area contributed by atoms with Gasteiger partial charge in [0, 0.05) is 17.8 Å². The quantitative estimate of drug-likeness (QED) is 0.359. The van der Waals surface area contributed by atoms with Crippen LogP contribution in [0.25, 0.3) is 0 Å². The van der Waals surface area contributed by atoms with Gasteiger partial charge in [0.1, 0.15) is 6.04 Å². The maximum atomic E-state index is 13.5. The Morgan fingerprint density at radius 3 is 2.03 bits per heavy atom. The number of carbonyl (C=O) groups is 4. The van der Waals surface area contributed by atoms with Crippen LogP contribution in [0.4, 0.5) is 11.4 Å². The van der Waals surface area contributed by atoms with Gasteiger partial charge in [-0.05, 0) is 47.3 Å². The second kappa shape index (κ2) is 9.97. The van der Waals surface area contributed by atoms with E-state index in [4.69, 9.17) is 0 Å². The zero-order valence-corrected chi connectivity index (χ0v) is 19.8. The van der Waals surface area contributed by atoms with Crippen LogP contribution in [0.3, 0.4) is 0 Å². The first-order valence-electron chi connectivity index (χ1n) is 11.3. The average Bonchev–Trinajstić information content (AvgIpc) is 3.52. The van der Waals surface area contributed by atoms with E-state index < -0.39 is 23.8 Å². The minimum Gasteiger partial charge on any atom is -0.324 e. The predicted octanol–water partition coefficient (Wildman–Crippen LogP) is 4.85. The molecule has 0 fully saturated rings. The van der Waals surface area contributed by atoms with Gasteiger partial charge in [-0.25, -0.2) is 0 Å². The van der Waals surface area contributed by atoms with Crippen LogP contribution in [0.5, 0.6) is 0 Å². The summed E-state index contributed by atoms with van der Waals surface area (Å²) in [7, 11) is 0. The number of fused-ring (bicyclic) bond motifs is 1. The van der Waals surface area contributed by atoms with Gasteiger partial charge in [0.25, 0.3) is 17.7 Å². The van der Waals surface area contributed by atoms with Crippen molar-refractivity contribution in [3.63, 3.8) is 0 Å². The standard InChI is InChI=1S/C28H21N3O4S/c32-25(29-19-10-6-11-20(17-19)30-26(33)24-14-7-15-36-24)23(16-18-8-2-1-3-9-18)31-27(34)21-12-4-5-13-22(21)28(31)35/h1-15,17,23H,16H2,(H,29,32)(H,30,33). The molecule has 0 aliphatic carbocycles. The number of nitrogens with zero attached hydrogens (tertiary/aromatic N) is 1. The zero-order valence-electron chi connectivity index (χ0n) is 19.0. The minimum absolute atomic E-state index is 0.160. The number of rotatable bonds is 7. The largest absolute Gasteiger partial charge is 0.324 e. The molecule has 0 bridgehead atoms. The van der Waals surface area contributed by atoms with E-state index in [1.807, 2.05) is 35.7 Å². The highest BCUT2D eigenvalue weighted by Crippen LogP contribution is 2.27. The number of anilines is 2. The second-order valence-electron chi connectivity index (χ2n) is 8.23. The number of hydrogen-bond donors (Lipinski definition) is 2. The summed E-state index contributed by atoms with van der Waals surface area (Å²) in [4.78, 5) is 53.9. The van der Waals surface area contributed by atoms with E-state index in [2.05, 4.69) is 10.6 Å². The molecule has 178 valence electrons. The Balaban J connectivity index is 1.40. The van der Waals surface area contributed by atoms with Crippen molar-refractivity contribution in [2.45, 2.75) is 12.5 Å². The Hall–Kier alpha value is -4.56. The summed E-state index contributed by atoms with van der Waals surface area (Å²) in [5, 5.41) is 7.45. The predicted molar refractivity (Wildman–Crippen MR) is 138 cm³/mol. The summed E-state index contributed by atoms with van der Waals surface area (Å²) in [6.45, 7) is 0. The number of thiophene rings is 1. The molecule has 7 nitrogen and oxygen atoms in total. The summed E-state index contributed by atoms with van der Waals surface area (Å²) >= 11 is 1.33. The van der Waals surface area contributed by atoms with Gasteiger partial charge in [-0.3, -0.25) is 24.1 Å². The molecule has 8 heteroatoms. The molecule has 5 rings (SSSR count). The fourth-order valence-electron chi connectivity index (χ4n) is 4.13. The lowest BCUT2D eigenvalue weighted by Crippen LogP contribution is -2.48. The molecule has 0 saturated heterocycles. The average molecular weight is 496 g/mol. The van der Waals surface area contributed by atoms with Crippen LogP contribution in [0.1, 0.15) is 36.0 Å². The number of benzene rings is 3. The molecular formula is C28H21N3O4S. The lowest BCUT2D eigenvalue weighted by atomic mass is 10.0. The molecule has 0 saturated carbocycles. The van der Waals surface area contributed by atoms with Crippen molar-refractivity contribution >= 4 is 46.3 Å². The van der Waals surface area contributed by atoms with E-state index in [1.54, 1.807) is 60.7 Å². The highest BCUT2D eigenvalue weighted by molar-refractivity contribution is 7.12. The van der Waals surface area contributed by atoms with E-state index in [0.29, 0.717) is 16.3 Å². The summed E-state index contributed by atoms with van der Waals surface area (Å²) in [5.74, 6) is -1.75. The first-order valence-corrected chi connectivity index (χ1v) is 12.2. The maximum absolute atomic E-state index is 13.5. The van der Waals surface area contributed by atoms with Gasteiger partial charge >= 0.3 is 0 Å². The molecule has 1 aliphatic rings. The molecular weight excluding hydrogens is 474 g/mol. The monoisotopic (exact) mass is 495 g/mol. The van der Waals surface area contributed by atoms with Gasteiger partial charge in [0.2, 0.25) is 5.91 Å². The fraction of sp³-hybridized carbons (Fsp3) is 0.0714. The van der Waals surface area contributed by atoms with Gasteiger partial charge in [0.05, 0.1) is 16.0 Å². The molecule has 1 aromatic heterocycles. The van der Waals surface area contributed by atoms with Crippen molar-refractivity contribution in [2.75, 3.05) is 10.6 Å². The van der Waals surface area contributed by atoms with Crippen LogP contribution < -0.4 is 10.6 Å². The topological polar surface area (TPSA) is 95.6 Å². The van der Waals surface area contributed by atoms with Crippen LogP contribution in [-0.2, 0) is 11.2 Å². The third kappa shape index (κ3) is 4.67. The van der Waals surface area contributed by atoms with Crippen molar-refractivity contribution in [1.29, 1.82) is 0 Å². The smallest absolute Gasteiger partial charge is 0.265 e. The molecule has 0 spiro atoms. The van der Waals surface area contributed by atoms with Crippen LogP contribution in [0, 0.1) is 0 Å². The minimum atomic E-state index is -1.07. The number of hydrogen-bond acceptors (Lipinski definition) is 5. The Morgan fingerprint density at radius 1 is 0.750 bits per heavy atom. The van der Waals surface area contributed by atoms with Crippen LogP contribution in [-0.4, -0.2) is 34.6 Å². The van der Waals surface area contributed by atoms with Crippen LogP contribution >= 0.6 is 11.3 Å². The molecule has 2 heterocycles. The molecule has 4 aromatic rings. The van der Waals surface area contributed by atoms with E-state index in [-0.39, 0.29) is 23.5 Å². The van der Waals surface area contributed by atoms with Crippen molar-refractivity contribution in [3.05, 3.63) is 118 Å². The van der Waals surface area contributed by atoms with Crippen molar-refractivity contribution < 1.29 is 19.2 Å². The Labute approximate surface area is 211 Å². The first-order chi connectivity index (χ1) is 17.5. The number of amides is 4. The summed E-state index contributed by atoms with van der Waals surface area (Å²) in [6.07, 6.45) is 0.160. The zero-order chi connectivity index (χ0) is 25.1. The molecule has 1 unspecified atom stereocenters. The number of carbonyl (C=O) groups excluding carboxylic acids is 4. The first kappa shape index (κ1) is 23.2.